The number of hydrogen-bond donors (Lipinski definition) is 0. The van der Waals surface area contributed by atoms with Gasteiger partial charge in [-0.25, -0.2) is 0 Å². The van der Waals surface area contributed by atoms with Gasteiger partial charge in [-0.1, -0.05) is 26.7 Å². The lowest BCUT2D eigenvalue weighted by Gasteiger charge is -2.40. The molecule has 0 N–H and O–H groups in total. The third-order valence-electron chi connectivity index (χ3n) is 4.64. The molecular formula is C14H27N. The van der Waals surface area contributed by atoms with Gasteiger partial charge in [0.25, 0.3) is 0 Å². The van der Waals surface area contributed by atoms with Gasteiger partial charge in [0.05, 0.1) is 0 Å². The maximum Gasteiger partial charge on any atom is 0.00191 e. The molecule has 1 nitrogen and oxygen atoms in total. The molecule has 1 aliphatic heterocycles. The molecule has 0 unspecified atom stereocenters. The summed E-state index contributed by atoms with van der Waals surface area (Å²) in [6.07, 6.45) is 7.57. The summed E-state index contributed by atoms with van der Waals surface area (Å²) in [7, 11) is 2.24. The molecule has 0 radical (unpaired) electrons. The van der Waals surface area contributed by atoms with E-state index >= 15 is 0 Å². The first-order chi connectivity index (χ1) is 7.15. The summed E-state index contributed by atoms with van der Waals surface area (Å²) in [6.45, 7) is 7.52. The highest BCUT2D eigenvalue weighted by molar-refractivity contribution is 4.82. The highest BCUT2D eigenvalue weighted by Gasteiger charge is 2.29. The van der Waals surface area contributed by atoms with Crippen LogP contribution in [0.2, 0.25) is 0 Å². The SMILES string of the molecule is CC(C)C1CCC(CC2CN(C)C2)CC1. The summed E-state index contributed by atoms with van der Waals surface area (Å²) in [5.41, 5.74) is 0. The Balaban J connectivity index is 1.65. The molecule has 0 aromatic heterocycles. The first kappa shape index (κ1) is 11.4. The minimum atomic E-state index is 0.917. The minimum absolute atomic E-state index is 0.917. The van der Waals surface area contributed by atoms with Crippen molar-refractivity contribution in [1.82, 2.24) is 4.90 Å². The van der Waals surface area contributed by atoms with Crippen LogP contribution in [-0.2, 0) is 0 Å². The maximum atomic E-state index is 2.45. The van der Waals surface area contributed by atoms with Crippen LogP contribution in [0.5, 0.6) is 0 Å². The molecule has 88 valence electrons. The molecule has 1 heterocycles. The lowest BCUT2D eigenvalue weighted by atomic mass is 9.73. The van der Waals surface area contributed by atoms with Crippen LogP contribution in [0, 0.1) is 23.7 Å². The van der Waals surface area contributed by atoms with Crippen molar-refractivity contribution in [3.8, 4) is 0 Å². The van der Waals surface area contributed by atoms with Gasteiger partial charge in [-0.2, -0.15) is 0 Å². The van der Waals surface area contributed by atoms with E-state index in [1.807, 2.05) is 0 Å². The van der Waals surface area contributed by atoms with E-state index < -0.39 is 0 Å². The minimum Gasteiger partial charge on any atom is -0.306 e. The van der Waals surface area contributed by atoms with Crippen molar-refractivity contribution in [1.29, 1.82) is 0 Å². The molecule has 1 aliphatic carbocycles. The first-order valence-corrected chi connectivity index (χ1v) is 6.83. The third-order valence-corrected chi connectivity index (χ3v) is 4.64. The summed E-state index contributed by atoms with van der Waals surface area (Å²) in [6, 6.07) is 0. The summed E-state index contributed by atoms with van der Waals surface area (Å²) in [5.74, 6) is 4.06. The van der Waals surface area contributed by atoms with E-state index in [9.17, 15) is 0 Å². The Morgan fingerprint density at radius 3 is 2.07 bits per heavy atom. The second-order valence-electron chi connectivity index (χ2n) is 6.35. The van der Waals surface area contributed by atoms with E-state index in [0.717, 1.165) is 23.7 Å². The molecule has 2 aliphatic rings. The lowest BCUT2D eigenvalue weighted by molar-refractivity contribution is 0.0944. The fraction of sp³-hybridized carbons (Fsp3) is 1.00. The van der Waals surface area contributed by atoms with Gasteiger partial charge >= 0.3 is 0 Å². The largest absolute Gasteiger partial charge is 0.306 e. The molecular weight excluding hydrogens is 182 g/mol. The van der Waals surface area contributed by atoms with Gasteiger partial charge in [0.1, 0.15) is 0 Å². The van der Waals surface area contributed by atoms with Crippen LogP contribution in [0.25, 0.3) is 0 Å². The van der Waals surface area contributed by atoms with Gasteiger partial charge in [0.2, 0.25) is 0 Å². The molecule has 0 aromatic rings. The van der Waals surface area contributed by atoms with Crippen molar-refractivity contribution >= 4 is 0 Å². The first-order valence-electron chi connectivity index (χ1n) is 6.83. The number of hydrogen-bond acceptors (Lipinski definition) is 1. The van der Waals surface area contributed by atoms with Gasteiger partial charge < -0.3 is 4.90 Å². The van der Waals surface area contributed by atoms with Gasteiger partial charge in [-0.3, -0.25) is 0 Å². The molecule has 2 rings (SSSR count). The average molecular weight is 209 g/mol. The van der Waals surface area contributed by atoms with Crippen LogP contribution in [0.1, 0.15) is 46.0 Å². The molecule has 0 bridgehead atoms. The molecule has 1 saturated heterocycles. The van der Waals surface area contributed by atoms with E-state index in [2.05, 4.69) is 25.8 Å². The van der Waals surface area contributed by atoms with Crippen LogP contribution >= 0.6 is 0 Å². The fourth-order valence-electron chi connectivity index (χ4n) is 3.54. The summed E-state index contributed by atoms with van der Waals surface area (Å²) >= 11 is 0. The van der Waals surface area contributed by atoms with Gasteiger partial charge in [-0.15, -0.1) is 0 Å². The van der Waals surface area contributed by atoms with Crippen LogP contribution in [0.4, 0.5) is 0 Å². The van der Waals surface area contributed by atoms with Crippen molar-refractivity contribution in [2.24, 2.45) is 23.7 Å². The Labute approximate surface area is 95.2 Å². The Morgan fingerprint density at radius 1 is 1.00 bits per heavy atom. The zero-order chi connectivity index (χ0) is 10.8. The molecule has 1 saturated carbocycles. The molecule has 2 fully saturated rings. The summed E-state index contributed by atoms with van der Waals surface area (Å²) in [4.78, 5) is 2.45. The molecule has 0 spiro atoms. The van der Waals surface area contributed by atoms with Crippen LogP contribution in [-0.4, -0.2) is 25.0 Å². The number of rotatable bonds is 3. The van der Waals surface area contributed by atoms with Crippen molar-refractivity contribution < 1.29 is 0 Å². The van der Waals surface area contributed by atoms with Crippen molar-refractivity contribution in [2.75, 3.05) is 20.1 Å². The fourth-order valence-corrected chi connectivity index (χ4v) is 3.54. The van der Waals surface area contributed by atoms with Crippen LogP contribution in [0.3, 0.4) is 0 Å². The van der Waals surface area contributed by atoms with Gasteiger partial charge in [0.15, 0.2) is 0 Å². The molecule has 15 heavy (non-hydrogen) atoms. The van der Waals surface area contributed by atoms with E-state index in [4.69, 9.17) is 0 Å². The highest BCUT2D eigenvalue weighted by atomic mass is 15.2. The topological polar surface area (TPSA) is 3.24 Å². The van der Waals surface area contributed by atoms with Crippen molar-refractivity contribution in [3.63, 3.8) is 0 Å². The van der Waals surface area contributed by atoms with E-state index in [0.29, 0.717) is 0 Å². The summed E-state index contributed by atoms with van der Waals surface area (Å²) < 4.78 is 0. The molecule has 0 amide bonds. The molecule has 0 atom stereocenters. The quantitative estimate of drug-likeness (QED) is 0.688. The Hall–Kier alpha value is -0.0400. The Morgan fingerprint density at radius 2 is 1.60 bits per heavy atom. The summed E-state index contributed by atoms with van der Waals surface area (Å²) in [5, 5.41) is 0. The maximum absolute atomic E-state index is 2.45. The second-order valence-corrected chi connectivity index (χ2v) is 6.35. The third kappa shape index (κ3) is 2.96. The zero-order valence-electron chi connectivity index (χ0n) is 10.7. The predicted molar refractivity (Wildman–Crippen MR) is 65.9 cm³/mol. The normalized spacial score (nSPS) is 34.4. The lowest BCUT2D eigenvalue weighted by Crippen LogP contribution is -2.44. The smallest absolute Gasteiger partial charge is 0.00191 e. The van der Waals surface area contributed by atoms with Gasteiger partial charge in [0, 0.05) is 13.1 Å². The standard InChI is InChI=1S/C14H27N/c1-11(2)14-6-4-12(5-7-14)8-13-9-15(3)10-13/h11-14H,4-10H2,1-3H3. The van der Waals surface area contributed by atoms with Crippen molar-refractivity contribution in [3.05, 3.63) is 0 Å². The Kier molecular flexibility index (Phi) is 3.71. The monoisotopic (exact) mass is 209 g/mol. The number of likely N-dealkylation sites (tertiary alicyclic amines) is 1. The van der Waals surface area contributed by atoms with E-state index in [1.54, 1.807) is 0 Å². The van der Waals surface area contributed by atoms with Crippen LogP contribution in [0.15, 0.2) is 0 Å². The molecule has 1 heteroatoms. The highest BCUT2D eigenvalue weighted by Crippen LogP contribution is 2.37. The second kappa shape index (κ2) is 4.86. The van der Waals surface area contributed by atoms with Crippen LogP contribution < -0.4 is 0 Å². The van der Waals surface area contributed by atoms with Crippen molar-refractivity contribution in [2.45, 2.75) is 46.0 Å². The molecule has 0 aromatic carbocycles. The zero-order valence-corrected chi connectivity index (χ0v) is 10.7. The number of nitrogens with zero attached hydrogens (tertiary/aromatic N) is 1. The predicted octanol–water partition coefficient (Wildman–Crippen LogP) is 3.40. The van der Waals surface area contributed by atoms with Gasteiger partial charge in [-0.05, 0) is 50.0 Å². The van der Waals surface area contributed by atoms with E-state index in [1.165, 1.54) is 45.2 Å². The van der Waals surface area contributed by atoms with E-state index in [-0.39, 0.29) is 0 Å². The Bertz CT molecular complexity index is 186. The average Bonchev–Trinajstić information content (AvgIpc) is 2.16.